The fourth-order valence-electron chi connectivity index (χ4n) is 2.78. The van der Waals surface area contributed by atoms with E-state index >= 15 is 0 Å². The van der Waals surface area contributed by atoms with Gasteiger partial charge in [0.25, 0.3) is 0 Å². The second-order valence-corrected chi connectivity index (χ2v) is 4.74. The van der Waals surface area contributed by atoms with Crippen LogP contribution >= 0.6 is 0 Å². The van der Waals surface area contributed by atoms with E-state index in [1.807, 2.05) is 6.07 Å². The summed E-state index contributed by atoms with van der Waals surface area (Å²) < 4.78 is 5.40. The molecule has 2 unspecified atom stereocenters. The maximum absolute atomic E-state index is 5.40. The van der Waals surface area contributed by atoms with Crippen molar-refractivity contribution < 1.29 is 4.42 Å². The first-order valence-electron chi connectivity index (χ1n) is 5.91. The molecule has 0 spiro atoms. The zero-order chi connectivity index (χ0) is 10.1. The largest absolute Gasteiger partial charge is 0.468 e. The molecule has 0 aromatic carbocycles. The minimum Gasteiger partial charge on any atom is -0.468 e. The number of nitrogens with one attached hydrogen (secondary N) is 1. The molecule has 1 aromatic heterocycles. The number of nitrogens with zero attached hydrogens (tertiary/aromatic N) is 1. The van der Waals surface area contributed by atoms with E-state index in [0.29, 0.717) is 6.04 Å². The molecule has 2 saturated heterocycles. The SMILES string of the molecule is c1coc(CN2CCC3CCC(C2)N3)c1. The van der Waals surface area contributed by atoms with Gasteiger partial charge < -0.3 is 9.73 Å². The summed E-state index contributed by atoms with van der Waals surface area (Å²) in [5.74, 6) is 1.09. The number of hydrogen-bond donors (Lipinski definition) is 1. The average Bonchev–Trinajstić information content (AvgIpc) is 2.80. The summed E-state index contributed by atoms with van der Waals surface area (Å²) in [5.41, 5.74) is 0. The van der Waals surface area contributed by atoms with Crippen LogP contribution < -0.4 is 5.32 Å². The highest BCUT2D eigenvalue weighted by atomic mass is 16.3. The van der Waals surface area contributed by atoms with Gasteiger partial charge in [-0.05, 0) is 31.4 Å². The van der Waals surface area contributed by atoms with Gasteiger partial charge in [0.2, 0.25) is 0 Å². The van der Waals surface area contributed by atoms with Gasteiger partial charge >= 0.3 is 0 Å². The highest BCUT2D eigenvalue weighted by Crippen LogP contribution is 2.21. The Labute approximate surface area is 90.4 Å². The Morgan fingerprint density at radius 2 is 2.27 bits per heavy atom. The van der Waals surface area contributed by atoms with Crippen molar-refractivity contribution in [3.05, 3.63) is 24.2 Å². The normalized spacial score (nSPS) is 31.7. The van der Waals surface area contributed by atoms with E-state index in [9.17, 15) is 0 Å². The molecule has 0 saturated carbocycles. The molecule has 2 aliphatic heterocycles. The smallest absolute Gasteiger partial charge is 0.117 e. The molecule has 15 heavy (non-hydrogen) atoms. The highest BCUT2D eigenvalue weighted by Gasteiger charge is 2.29. The maximum Gasteiger partial charge on any atom is 0.117 e. The standard InChI is InChI=1S/C12H18N2O/c1-2-12(15-7-1)9-14-6-5-10-3-4-11(8-14)13-10/h1-2,7,10-11,13H,3-6,8-9H2. The van der Waals surface area contributed by atoms with Gasteiger partial charge in [-0.25, -0.2) is 0 Å². The van der Waals surface area contributed by atoms with Crippen molar-refractivity contribution in [1.29, 1.82) is 0 Å². The molecule has 82 valence electrons. The van der Waals surface area contributed by atoms with E-state index in [0.717, 1.165) is 18.3 Å². The van der Waals surface area contributed by atoms with Crippen LogP contribution in [-0.2, 0) is 6.54 Å². The van der Waals surface area contributed by atoms with E-state index < -0.39 is 0 Å². The quantitative estimate of drug-likeness (QED) is 0.797. The van der Waals surface area contributed by atoms with E-state index in [1.165, 1.54) is 32.4 Å². The molecule has 3 heteroatoms. The lowest BCUT2D eigenvalue weighted by molar-refractivity contribution is 0.231. The third kappa shape index (κ3) is 2.08. The predicted octanol–water partition coefficient (Wildman–Crippen LogP) is 1.61. The van der Waals surface area contributed by atoms with Crippen molar-refractivity contribution >= 4 is 0 Å². The molecule has 1 N–H and O–H groups in total. The van der Waals surface area contributed by atoms with Gasteiger partial charge in [-0.1, -0.05) is 0 Å². The molecule has 0 radical (unpaired) electrons. The number of rotatable bonds is 2. The Balaban J connectivity index is 1.62. The third-order valence-corrected chi connectivity index (χ3v) is 3.57. The summed E-state index contributed by atoms with van der Waals surface area (Å²) in [4.78, 5) is 2.51. The first-order chi connectivity index (χ1) is 7.40. The lowest BCUT2D eigenvalue weighted by Gasteiger charge is -2.22. The molecule has 3 rings (SSSR count). The Bertz CT molecular complexity index is 309. The van der Waals surface area contributed by atoms with Crippen LogP contribution in [0.5, 0.6) is 0 Å². The van der Waals surface area contributed by atoms with Crippen LogP contribution in [0.25, 0.3) is 0 Å². The molecule has 3 nitrogen and oxygen atoms in total. The van der Waals surface area contributed by atoms with Crippen LogP contribution in [0.1, 0.15) is 25.0 Å². The van der Waals surface area contributed by atoms with Gasteiger partial charge in [0.15, 0.2) is 0 Å². The molecule has 1 aromatic rings. The lowest BCUT2D eigenvalue weighted by Crippen LogP contribution is -2.34. The van der Waals surface area contributed by atoms with Crippen LogP contribution in [0.3, 0.4) is 0 Å². The summed E-state index contributed by atoms with van der Waals surface area (Å²) in [7, 11) is 0. The Morgan fingerprint density at radius 3 is 3.13 bits per heavy atom. The number of furan rings is 1. The van der Waals surface area contributed by atoms with Crippen molar-refractivity contribution in [2.24, 2.45) is 0 Å². The predicted molar refractivity (Wildman–Crippen MR) is 58.5 cm³/mol. The minimum atomic E-state index is 0.715. The molecule has 3 heterocycles. The molecule has 2 atom stereocenters. The van der Waals surface area contributed by atoms with Gasteiger partial charge in [0, 0.05) is 25.2 Å². The fourth-order valence-corrected chi connectivity index (χ4v) is 2.78. The van der Waals surface area contributed by atoms with Crippen molar-refractivity contribution in [3.8, 4) is 0 Å². The second-order valence-electron chi connectivity index (χ2n) is 4.74. The van der Waals surface area contributed by atoms with E-state index in [1.54, 1.807) is 6.26 Å². The van der Waals surface area contributed by atoms with Crippen LogP contribution in [0.4, 0.5) is 0 Å². The molecule has 2 fully saturated rings. The van der Waals surface area contributed by atoms with Crippen LogP contribution in [0.15, 0.2) is 22.8 Å². The van der Waals surface area contributed by atoms with Crippen molar-refractivity contribution in [3.63, 3.8) is 0 Å². The van der Waals surface area contributed by atoms with Crippen LogP contribution in [0.2, 0.25) is 0 Å². The Hall–Kier alpha value is -0.800. The van der Waals surface area contributed by atoms with E-state index in [-0.39, 0.29) is 0 Å². The summed E-state index contributed by atoms with van der Waals surface area (Å²) in [6, 6.07) is 5.53. The van der Waals surface area contributed by atoms with Crippen molar-refractivity contribution in [2.75, 3.05) is 13.1 Å². The second kappa shape index (κ2) is 3.99. The van der Waals surface area contributed by atoms with Gasteiger partial charge in [-0.3, -0.25) is 4.90 Å². The monoisotopic (exact) mass is 206 g/mol. The van der Waals surface area contributed by atoms with Crippen LogP contribution in [0, 0.1) is 0 Å². The number of hydrogen-bond acceptors (Lipinski definition) is 3. The first-order valence-corrected chi connectivity index (χ1v) is 5.91. The highest BCUT2D eigenvalue weighted by molar-refractivity contribution is 4.99. The van der Waals surface area contributed by atoms with E-state index in [4.69, 9.17) is 4.42 Å². The Kier molecular flexibility index (Phi) is 2.51. The van der Waals surface area contributed by atoms with Gasteiger partial charge in [-0.2, -0.15) is 0 Å². The molecule has 0 amide bonds. The van der Waals surface area contributed by atoms with Crippen LogP contribution in [-0.4, -0.2) is 30.1 Å². The lowest BCUT2D eigenvalue weighted by atomic mass is 10.1. The summed E-state index contributed by atoms with van der Waals surface area (Å²) in [6.45, 7) is 3.35. The van der Waals surface area contributed by atoms with Gasteiger partial charge in [0.1, 0.15) is 5.76 Å². The fraction of sp³-hybridized carbons (Fsp3) is 0.667. The summed E-state index contributed by atoms with van der Waals surface area (Å²) in [5, 5.41) is 3.69. The van der Waals surface area contributed by atoms with Crippen molar-refractivity contribution in [2.45, 2.75) is 37.9 Å². The molecule has 2 bridgehead atoms. The van der Waals surface area contributed by atoms with Gasteiger partial charge in [-0.15, -0.1) is 0 Å². The van der Waals surface area contributed by atoms with Gasteiger partial charge in [0.05, 0.1) is 12.8 Å². The first kappa shape index (κ1) is 9.43. The average molecular weight is 206 g/mol. The number of likely N-dealkylation sites (tertiary alicyclic amines) is 1. The van der Waals surface area contributed by atoms with Crippen molar-refractivity contribution in [1.82, 2.24) is 10.2 Å². The summed E-state index contributed by atoms with van der Waals surface area (Å²) >= 11 is 0. The molecular weight excluding hydrogens is 188 g/mol. The molecular formula is C12H18N2O. The molecule has 2 aliphatic rings. The Morgan fingerprint density at radius 1 is 1.33 bits per heavy atom. The van der Waals surface area contributed by atoms with E-state index in [2.05, 4.69) is 16.3 Å². The summed E-state index contributed by atoms with van der Waals surface area (Å²) in [6.07, 6.45) is 5.77. The molecule has 0 aliphatic carbocycles. The zero-order valence-electron chi connectivity index (χ0n) is 8.98. The maximum atomic E-state index is 5.40. The minimum absolute atomic E-state index is 0.715. The zero-order valence-corrected chi connectivity index (χ0v) is 8.98. The topological polar surface area (TPSA) is 28.4 Å². The third-order valence-electron chi connectivity index (χ3n) is 3.57. The number of fused-ring (bicyclic) bond motifs is 2.